The predicted octanol–water partition coefficient (Wildman–Crippen LogP) is 3.50. The summed E-state index contributed by atoms with van der Waals surface area (Å²) in [4.78, 5) is 0. The molecule has 0 spiro atoms. The van der Waals surface area contributed by atoms with Crippen molar-refractivity contribution in [3.05, 3.63) is 0 Å². The van der Waals surface area contributed by atoms with E-state index in [0.717, 1.165) is 19.4 Å². The van der Waals surface area contributed by atoms with E-state index < -0.39 is 0 Å². The number of hydrogen-bond acceptors (Lipinski definition) is 3. The third kappa shape index (κ3) is 10.3. The molecule has 0 rings (SSSR count). The summed E-state index contributed by atoms with van der Waals surface area (Å²) >= 11 is 0. The van der Waals surface area contributed by atoms with E-state index in [4.69, 9.17) is 4.74 Å². The first-order chi connectivity index (χ1) is 8.93. The summed E-state index contributed by atoms with van der Waals surface area (Å²) in [5.41, 5.74) is -0.240. The Morgan fingerprint density at radius 3 is 2.26 bits per heavy atom. The molecular formula is C16H35NO2. The molecule has 0 saturated carbocycles. The predicted molar refractivity (Wildman–Crippen MR) is 82.6 cm³/mol. The van der Waals surface area contributed by atoms with Gasteiger partial charge in [-0.05, 0) is 26.7 Å². The van der Waals surface area contributed by atoms with Crippen molar-refractivity contribution in [2.45, 2.75) is 90.8 Å². The van der Waals surface area contributed by atoms with Gasteiger partial charge in [-0.1, -0.05) is 46.5 Å². The van der Waals surface area contributed by atoms with Crippen LogP contribution >= 0.6 is 0 Å². The van der Waals surface area contributed by atoms with Gasteiger partial charge in [0.05, 0.1) is 12.7 Å². The Bertz CT molecular complexity index is 209. The molecule has 0 bridgehead atoms. The zero-order valence-electron chi connectivity index (χ0n) is 13.7. The van der Waals surface area contributed by atoms with Gasteiger partial charge in [0.25, 0.3) is 0 Å². The molecule has 0 aromatic rings. The van der Waals surface area contributed by atoms with E-state index in [1.165, 1.54) is 25.7 Å². The molecule has 0 heterocycles. The highest BCUT2D eigenvalue weighted by Crippen LogP contribution is 2.15. The molecule has 2 atom stereocenters. The zero-order valence-corrected chi connectivity index (χ0v) is 13.7. The highest BCUT2D eigenvalue weighted by atomic mass is 16.5. The molecule has 2 unspecified atom stereocenters. The monoisotopic (exact) mass is 273 g/mol. The lowest BCUT2D eigenvalue weighted by molar-refractivity contribution is 0.0244. The third-order valence-electron chi connectivity index (χ3n) is 3.37. The lowest BCUT2D eigenvalue weighted by atomic mass is 9.95. The summed E-state index contributed by atoms with van der Waals surface area (Å²) in [5, 5.41) is 13.0. The molecule has 3 nitrogen and oxygen atoms in total. The number of hydrogen-bond donors (Lipinski definition) is 2. The number of aliphatic hydroxyl groups is 1. The first kappa shape index (κ1) is 18.9. The van der Waals surface area contributed by atoms with Crippen LogP contribution in [0, 0.1) is 0 Å². The standard InChI is InChI=1S/C16H35NO2/c1-6-7-8-9-10-11-19-15(4)12-16(5,13-18)17-14(2)3/h14-15,17-18H,6-13H2,1-5H3. The second-order valence-electron chi connectivity index (χ2n) is 6.32. The number of aliphatic hydroxyl groups excluding tert-OH is 1. The van der Waals surface area contributed by atoms with E-state index in [2.05, 4.69) is 39.9 Å². The molecule has 0 aromatic carbocycles. The van der Waals surface area contributed by atoms with Crippen molar-refractivity contribution in [1.82, 2.24) is 5.32 Å². The Hall–Kier alpha value is -0.120. The van der Waals surface area contributed by atoms with Crippen molar-refractivity contribution in [3.8, 4) is 0 Å². The van der Waals surface area contributed by atoms with Crippen LogP contribution in [0.4, 0.5) is 0 Å². The average molecular weight is 273 g/mol. The quantitative estimate of drug-likeness (QED) is 0.535. The molecule has 0 amide bonds. The highest BCUT2D eigenvalue weighted by Gasteiger charge is 2.26. The minimum atomic E-state index is -0.240. The number of rotatable bonds is 12. The fourth-order valence-electron chi connectivity index (χ4n) is 2.55. The van der Waals surface area contributed by atoms with Crippen LogP contribution in [0.2, 0.25) is 0 Å². The maximum atomic E-state index is 9.53. The van der Waals surface area contributed by atoms with Gasteiger partial charge in [0.1, 0.15) is 0 Å². The molecule has 116 valence electrons. The van der Waals surface area contributed by atoms with Crippen molar-refractivity contribution in [2.75, 3.05) is 13.2 Å². The van der Waals surface area contributed by atoms with Gasteiger partial charge in [-0.2, -0.15) is 0 Å². The molecule has 19 heavy (non-hydrogen) atoms. The van der Waals surface area contributed by atoms with Crippen molar-refractivity contribution in [2.24, 2.45) is 0 Å². The Labute approximate surface area is 120 Å². The van der Waals surface area contributed by atoms with Crippen LogP contribution in [0.25, 0.3) is 0 Å². The largest absolute Gasteiger partial charge is 0.394 e. The summed E-state index contributed by atoms with van der Waals surface area (Å²) in [7, 11) is 0. The summed E-state index contributed by atoms with van der Waals surface area (Å²) in [6.07, 6.45) is 7.38. The van der Waals surface area contributed by atoms with Crippen molar-refractivity contribution >= 4 is 0 Å². The van der Waals surface area contributed by atoms with Crippen LogP contribution in [-0.2, 0) is 4.74 Å². The maximum Gasteiger partial charge on any atom is 0.0611 e. The minimum absolute atomic E-state index is 0.148. The fourth-order valence-corrected chi connectivity index (χ4v) is 2.55. The first-order valence-electron chi connectivity index (χ1n) is 7.93. The lowest BCUT2D eigenvalue weighted by Crippen LogP contribution is -2.51. The second kappa shape index (κ2) is 10.6. The molecule has 0 aliphatic heterocycles. The van der Waals surface area contributed by atoms with Crippen LogP contribution in [0.3, 0.4) is 0 Å². The molecule has 3 heteroatoms. The maximum absolute atomic E-state index is 9.53. The van der Waals surface area contributed by atoms with Gasteiger partial charge in [-0.3, -0.25) is 0 Å². The van der Waals surface area contributed by atoms with Gasteiger partial charge in [0.2, 0.25) is 0 Å². The molecule has 0 aromatic heterocycles. The summed E-state index contributed by atoms with van der Waals surface area (Å²) in [6.45, 7) is 11.6. The SMILES string of the molecule is CCCCCCCOC(C)CC(C)(CO)NC(C)C. The Morgan fingerprint density at radius 1 is 1.11 bits per heavy atom. The number of unbranched alkanes of at least 4 members (excludes halogenated alkanes) is 4. The number of ether oxygens (including phenoxy) is 1. The van der Waals surface area contributed by atoms with Gasteiger partial charge in [-0.25, -0.2) is 0 Å². The molecule has 0 aliphatic rings. The Balaban J connectivity index is 3.78. The van der Waals surface area contributed by atoms with Crippen molar-refractivity contribution in [3.63, 3.8) is 0 Å². The molecule has 0 saturated heterocycles. The van der Waals surface area contributed by atoms with Crippen LogP contribution < -0.4 is 5.32 Å². The van der Waals surface area contributed by atoms with E-state index in [1.54, 1.807) is 0 Å². The Morgan fingerprint density at radius 2 is 1.74 bits per heavy atom. The normalized spacial score (nSPS) is 16.6. The minimum Gasteiger partial charge on any atom is -0.394 e. The third-order valence-corrected chi connectivity index (χ3v) is 3.37. The topological polar surface area (TPSA) is 41.5 Å². The van der Waals surface area contributed by atoms with Gasteiger partial charge in [-0.15, -0.1) is 0 Å². The summed E-state index contributed by atoms with van der Waals surface area (Å²) < 4.78 is 5.85. The molecule has 2 N–H and O–H groups in total. The molecule has 0 radical (unpaired) electrons. The van der Waals surface area contributed by atoms with Crippen LogP contribution in [0.5, 0.6) is 0 Å². The number of nitrogens with one attached hydrogen (secondary N) is 1. The Kier molecular flexibility index (Phi) is 10.6. The summed E-state index contributed by atoms with van der Waals surface area (Å²) in [6, 6.07) is 0.374. The van der Waals surface area contributed by atoms with Crippen LogP contribution in [0.15, 0.2) is 0 Å². The highest BCUT2D eigenvalue weighted by molar-refractivity contribution is 4.85. The molecule has 0 aliphatic carbocycles. The van der Waals surface area contributed by atoms with Gasteiger partial charge < -0.3 is 15.2 Å². The van der Waals surface area contributed by atoms with E-state index >= 15 is 0 Å². The lowest BCUT2D eigenvalue weighted by Gasteiger charge is -2.33. The molecular weight excluding hydrogens is 238 g/mol. The van der Waals surface area contributed by atoms with E-state index in [9.17, 15) is 5.11 Å². The van der Waals surface area contributed by atoms with Crippen LogP contribution in [0.1, 0.15) is 73.1 Å². The van der Waals surface area contributed by atoms with Gasteiger partial charge in [0.15, 0.2) is 0 Å². The first-order valence-corrected chi connectivity index (χ1v) is 7.93. The smallest absolute Gasteiger partial charge is 0.0611 e. The van der Waals surface area contributed by atoms with Gasteiger partial charge >= 0.3 is 0 Å². The summed E-state index contributed by atoms with van der Waals surface area (Å²) in [5.74, 6) is 0. The average Bonchev–Trinajstić information content (AvgIpc) is 2.32. The molecule has 0 fully saturated rings. The van der Waals surface area contributed by atoms with E-state index in [-0.39, 0.29) is 18.2 Å². The van der Waals surface area contributed by atoms with Crippen LogP contribution in [-0.4, -0.2) is 36.0 Å². The van der Waals surface area contributed by atoms with Crippen molar-refractivity contribution < 1.29 is 9.84 Å². The fraction of sp³-hybridized carbons (Fsp3) is 1.00. The van der Waals surface area contributed by atoms with E-state index in [1.807, 2.05) is 0 Å². The van der Waals surface area contributed by atoms with Crippen molar-refractivity contribution in [1.29, 1.82) is 0 Å². The van der Waals surface area contributed by atoms with Gasteiger partial charge in [0, 0.05) is 18.2 Å². The van der Waals surface area contributed by atoms with E-state index in [0.29, 0.717) is 6.04 Å². The zero-order chi connectivity index (χ0) is 14.7. The second-order valence-corrected chi connectivity index (χ2v) is 6.32.